The number of hydrogen-bond acceptors (Lipinski definition) is 2. The van der Waals surface area contributed by atoms with E-state index in [-0.39, 0.29) is 17.4 Å². The maximum atomic E-state index is 13.4. The van der Waals surface area contributed by atoms with Crippen molar-refractivity contribution >= 4 is 11.5 Å². The maximum Gasteiger partial charge on any atom is 0.419 e. The van der Waals surface area contributed by atoms with Gasteiger partial charge in [0.05, 0.1) is 5.56 Å². The second-order valence-electron chi connectivity index (χ2n) is 7.20. The van der Waals surface area contributed by atoms with Gasteiger partial charge in [0.25, 0.3) is 0 Å². The molecule has 1 saturated carbocycles. The molecule has 0 heterocycles. The largest absolute Gasteiger partial charge is 0.419 e. The Hall–Kier alpha value is -2.57. The highest BCUT2D eigenvalue weighted by atomic mass is 19.4. The summed E-state index contributed by atoms with van der Waals surface area (Å²) in [5, 5.41) is 15.2. The van der Waals surface area contributed by atoms with Crippen LogP contribution in [0.15, 0.2) is 53.7 Å². The number of amidine groups is 1. The molecule has 1 fully saturated rings. The molecule has 1 aliphatic carbocycles. The van der Waals surface area contributed by atoms with Crippen LogP contribution in [-0.4, -0.2) is 11.0 Å². The number of nitrogens with zero attached hydrogens (tertiary/aromatic N) is 1. The van der Waals surface area contributed by atoms with Crippen LogP contribution in [0.25, 0.3) is 0 Å². The number of nitrogens with one attached hydrogen (secondary N) is 1. The van der Waals surface area contributed by atoms with E-state index in [1.54, 1.807) is 0 Å². The second kappa shape index (κ2) is 8.63. The number of halogens is 4. The fourth-order valence-electron chi connectivity index (χ4n) is 3.80. The highest BCUT2D eigenvalue weighted by Crippen LogP contribution is 2.37. The molecule has 0 aliphatic heterocycles. The lowest BCUT2D eigenvalue weighted by atomic mass is 9.77. The van der Waals surface area contributed by atoms with Gasteiger partial charge in [0.15, 0.2) is 0 Å². The van der Waals surface area contributed by atoms with Crippen molar-refractivity contribution in [3.05, 3.63) is 65.5 Å². The first-order valence-corrected chi connectivity index (χ1v) is 9.26. The summed E-state index contributed by atoms with van der Waals surface area (Å²) in [5.74, 6) is -0.366. The van der Waals surface area contributed by atoms with Gasteiger partial charge in [-0.2, -0.15) is 13.2 Å². The summed E-state index contributed by atoms with van der Waals surface area (Å²) >= 11 is 0. The van der Waals surface area contributed by atoms with Gasteiger partial charge in [-0.25, -0.2) is 4.39 Å². The summed E-state index contributed by atoms with van der Waals surface area (Å²) in [6, 6.07) is 12.9. The van der Waals surface area contributed by atoms with Crippen molar-refractivity contribution < 1.29 is 22.8 Å². The molecule has 2 aromatic carbocycles. The molecule has 0 spiro atoms. The van der Waals surface area contributed by atoms with Crippen LogP contribution in [0.3, 0.4) is 0 Å². The van der Waals surface area contributed by atoms with Crippen molar-refractivity contribution in [2.45, 2.75) is 44.2 Å². The number of oxime groups is 1. The van der Waals surface area contributed by atoms with E-state index in [4.69, 9.17) is 0 Å². The van der Waals surface area contributed by atoms with Crippen LogP contribution >= 0.6 is 0 Å². The van der Waals surface area contributed by atoms with E-state index in [0.29, 0.717) is 18.4 Å². The van der Waals surface area contributed by atoms with E-state index < -0.39 is 17.6 Å². The van der Waals surface area contributed by atoms with Crippen molar-refractivity contribution in [1.29, 1.82) is 0 Å². The predicted molar refractivity (Wildman–Crippen MR) is 100 cm³/mol. The highest BCUT2D eigenvalue weighted by molar-refractivity contribution is 5.95. The minimum Gasteiger partial charge on any atom is -0.409 e. The van der Waals surface area contributed by atoms with Crippen molar-refractivity contribution in [1.82, 2.24) is 0 Å². The summed E-state index contributed by atoms with van der Waals surface area (Å²) in [4.78, 5) is 0. The SMILES string of the molecule is O/N=C(\CC1CCC(c2ccccc2)CC1)Nc1ccc(F)c(C(F)(F)F)c1. The lowest BCUT2D eigenvalue weighted by Crippen LogP contribution is -2.21. The van der Waals surface area contributed by atoms with Crippen LogP contribution < -0.4 is 5.32 Å². The molecule has 0 aromatic heterocycles. The molecule has 2 N–H and O–H groups in total. The van der Waals surface area contributed by atoms with Gasteiger partial charge in [-0.1, -0.05) is 35.5 Å². The average Bonchev–Trinajstić information content (AvgIpc) is 2.69. The zero-order chi connectivity index (χ0) is 20.1. The van der Waals surface area contributed by atoms with Gasteiger partial charge in [-0.05, 0) is 61.3 Å². The van der Waals surface area contributed by atoms with Crippen LogP contribution in [0.4, 0.5) is 23.2 Å². The molecule has 0 radical (unpaired) electrons. The van der Waals surface area contributed by atoms with Gasteiger partial charge in [-0.3, -0.25) is 0 Å². The Morgan fingerprint density at radius 2 is 1.71 bits per heavy atom. The molecular formula is C21H22F4N2O. The first-order valence-electron chi connectivity index (χ1n) is 9.26. The molecule has 3 nitrogen and oxygen atoms in total. The van der Waals surface area contributed by atoms with Gasteiger partial charge in [0.2, 0.25) is 0 Å². The van der Waals surface area contributed by atoms with E-state index in [1.807, 2.05) is 18.2 Å². The first-order chi connectivity index (χ1) is 13.4. The molecular weight excluding hydrogens is 372 g/mol. The van der Waals surface area contributed by atoms with E-state index in [2.05, 4.69) is 22.6 Å². The van der Waals surface area contributed by atoms with Crippen LogP contribution in [0.5, 0.6) is 0 Å². The minimum atomic E-state index is -4.78. The number of benzene rings is 2. The minimum absolute atomic E-state index is 0.0412. The molecule has 0 atom stereocenters. The molecule has 0 unspecified atom stereocenters. The number of alkyl halides is 3. The Morgan fingerprint density at radius 3 is 2.32 bits per heavy atom. The first kappa shape index (κ1) is 20.2. The Bertz CT molecular complexity index is 813. The summed E-state index contributed by atoms with van der Waals surface area (Å²) in [6.45, 7) is 0. The number of hydrogen-bond donors (Lipinski definition) is 2. The van der Waals surface area contributed by atoms with Crippen molar-refractivity contribution in [3.63, 3.8) is 0 Å². The molecule has 0 bridgehead atoms. The molecule has 7 heteroatoms. The van der Waals surface area contributed by atoms with Crippen LogP contribution in [0.2, 0.25) is 0 Å². The maximum absolute atomic E-state index is 13.4. The summed E-state index contributed by atoms with van der Waals surface area (Å²) < 4.78 is 52.0. The molecule has 150 valence electrons. The quantitative estimate of drug-likeness (QED) is 0.207. The Kier molecular flexibility index (Phi) is 6.21. The lowest BCUT2D eigenvalue weighted by molar-refractivity contribution is -0.139. The Labute approximate surface area is 161 Å². The fraction of sp³-hybridized carbons (Fsp3) is 0.381. The predicted octanol–water partition coefficient (Wildman–Crippen LogP) is 6.41. The van der Waals surface area contributed by atoms with Gasteiger partial charge >= 0.3 is 6.18 Å². The summed E-state index contributed by atoms with van der Waals surface area (Å²) in [5.41, 5.74) is 0.0128. The summed E-state index contributed by atoms with van der Waals surface area (Å²) in [6.07, 6.45) is -0.440. The van der Waals surface area contributed by atoms with Crippen LogP contribution in [-0.2, 0) is 6.18 Å². The smallest absolute Gasteiger partial charge is 0.409 e. The summed E-state index contributed by atoms with van der Waals surface area (Å²) in [7, 11) is 0. The van der Waals surface area contributed by atoms with Crippen LogP contribution in [0.1, 0.15) is 49.1 Å². The van der Waals surface area contributed by atoms with Crippen molar-refractivity contribution in [2.75, 3.05) is 5.32 Å². The van der Waals surface area contributed by atoms with Crippen molar-refractivity contribution in [3.8, 4) is 0 Å². The van der Waals surface area contributed by atoms with Gasteiger partial charge in [0, 0.05) is 12.1 Å². The zero-order valence-electron chi connectivity index (χ0n) is 15.2. The average molecular weight is 394 g/mol. The topological polar surface area (TPSA) is 44.6 Å². The molecule has 28 heavy (non-hydrogen) atoms. The monoisotopic (exact) mass is 394 g/mol. The normalized spacial score (nSPS) is 20.8. The van der Waals surface area contributed by atoms with E-state index in [9.17, 15) is 22.8 Å². The van der Waals surface area contributed by atoms with E-state index in [1.165, 1.54) is 11.6 Å². The molecule has 0 amide bonds. The van der Waals surface area contributed by atoms with Crippen molar-refractivity contribution in [2.24, 2.45) is 11.1 Å². The van der Waals surface area contributed by atoms with Gasteiger partial charge < -0.3 is 10.5 Å². The zero-order valence-corrected chi connectivity index (χ0v) is 15.2. The third-order valence-corrected chi connectivity index (χ3v) is 5.28. The fourth-order valence-corrected chi connectivity index (χ4v) is 3.80. The lowest BCUT2D eigenvalue weighted by Gasteiger charge is -2.29. The second-order valence-corrected chi connectivity index (χ2v) is 7.20. The number of rotatable bonds is 4. The third kappa shape index (κ3) is 5.03. The van der Waals surface area contributed by atoms with E-state index in [0.717, 1.165) is 31.7 Å². The Balaban J connectivity index is 1.59. The van der Waals surface area contributed by atoms with Gasteiger partial charge in [0.1, 0.15) is 11.7 Å². The standard InChI is InChI=1S/C21H22F4N2O/c22-19-11-10-17(13-18(19)21(23,24)25)26-20(27-28)12-14-6-8-16(9-7-14)15-4-2-1-3-5-15/h1-5,10-11,13-14,16,28H,6-9,12H2,(H,26,27). The highest BCUT2D eigenvalue weighted by Gasteiger charge is 2.34. The van der Waals surface area contributed by atoms with Gasteiger partial charge in [-0.15, -0.1) is 0 Å². The molecule has 0 saturated heterocycles. The third-order valence-electron chi connectivity index (χ3n) is 5.28. The molecule has 1 aliphatic rings. The number of anilines is 1. The van der Waals surface area contributed by atoms with Crippen LogP contribution in [0, 0.1) is 11.7 Å². The molecule has 3 rings (SSSR count). The van der Waals surface area contributed by atoms with E-state index >= 15 is 0 Å². The molecule has 2 aromatic rings. The Morgan fingerprint density at radius 1 is 1.04 bits per heavy atom.